The third-order valence-corrected chi connectivity index (χ3v) is 12.1. The molecule has 2 aliphatic heterocycles. The fourth-order valence-corrected chi connectivity index (χ4v) is 8.76. The van der Waals surface area contributed by atoms with Gasteiger partial charge in [-0.25, -0.2) is 14.6 Å². The van der Waals surface area contributed by atoms with E-state index in [1.54, 1.807) is 28.4 Å². The van der Waals surface area contributed by atoms with E-state index in [9.17, 15) is 19.2 Å². The zero-order valence-corrected chi connectivity index (χ0v) is 39.2. The summed E-state index contributed by atoms with van der Waals surface area (Å²) in [6.45, 7) is 7.69. The number of nitrogens with one attached hydrogen (secondary N) is 4. The Morgan fingerprint density at radius 2 is 1.38 bits per heavy atom. The summed E-state index contributed by atoms with van der Waals surface area (Å²) >= 11 is 1.13. The number of hydrogen-bond donors (Lipinski definition) is 4. The lowest BCUT2D eigenvalue weighted by molar-refractivity contribution is -0.136. The van der Waals surface area contributed by atoms with Crippen molar-refractivity contribution in [2.45, 2.75) is 71.0 Å². The largest absolute Gasteiger partial charge is 0.453 e. The Morgan fingerprint density at radius 3 is 1.94 bits per heavy atom. The minimum atomic E-state index is -0.723. The monoisotopic (exact) mass is 926 g/mol. The second-order valence-corrected chi connectivity index (χ2v) is 16.3. The number of aromatic nitrogens is 4. The van der Waals surface area contributed by atoms with E-state index in [1.165, 1.54) is 14.2 Å². The summed E-state index contributed by atoms with van der Waals surface area (Å²) < 4.78 is 30.1. The van der Waals surface area contributed by atoms with E-state index >= 15 is 0 Å². The number of amides is 4. The van der Waals surface area contributed by atoms with Gasteiger partial charge in [0.15, 0.2) is 0 Å². The number of hydrogen-bond acceptors (Lipinski definition) is 14. The number of nitrogens with zero attached hydrogens (tertiary/aromatic N) is 6. The highest BCUT2D eigenvalue weighted by Crippen LogP contribution is 2.33. The number of methoxy groups -OCH3 is 2. The fraction of sp³-hybridized carbons (Fsp3) is 0.489. The van der Waals surface area contributed by atoms with Crippen LogP contribution in [0.25, 0.3) is 39.1 Å². The van der Waals surface area contributed by atoms with Crippen LogP contribution in [-0.2, 0) is 35.1 Å². The van der Waals surface area contributed by atoms with Crippen molar-refractivity contribution in [1.82, 2.24) is 44.5 Å². The van der Waals surface area contributed by atoms with Gasteiger partial charge in [0, 0.05) is 63.9 Å². The average molecular weight is 927 g/mol. The molecule has 19 heteroatoms. The van der Waals surface area contributed by atoms with E-state index < -0.39 is 24.3 Å². The topological polar surface area (TPSA) is 215 Å². The maximum atomic E-state index is 13.9. The molecule has 0 radical (unpaired) electrons. The molecule has 2 atom stereocenters. The first-order valence-corrected chi connectivity index (χ1v) is 23.0. The number of rotatable bonds is 19. The van der Waals surface area contributed by atoms with Crippen molar-refractivity contribution in [2.75, 3.05) is 67.3 Å². The van der Waals surface area contributed by atoms with Gasteiger partial charge in [0.25, 0.3) is 0 Å². The Hall–Kier alpha value is -6.36. The lowest BCUT2D eigenvalue weighted by Crippen LogP contribution is -2.53. The van der Waals surface area contributed by atoms with Crippen LogP contribution in [0.3, 0.4) is 0 Å². The highest BCUT2D eigenvalue weighted by Gasteiger charge is 2.36. The van der Waals surface area contributed by atoms with E-state index in [0.29, 0.717) is 71.0 Å². The number of aliphatic imine (C=N–C) groups is 1. The van der Waals surface area contributed by atoms with Gasteiger partial charge in [-0.05, 0) is 67.6 Å². The summed E-state index contributed by atoms with van der Waals surface area (Å²) in [5, 5.41) is 8.79. The van der Waals surface area contributed by atoms with Gasteiger partial charge >= 0.3 is 12.2 Å². The van der Waals surface area contributed by atoms with E-state index in [1.807, 2.05) is 57.3 Å². The number of benzene rings is 2. The molecule has 0 bridgehead atoms. The van der Waals surface area contributed by atoms with Crippen molar-refractivity contribution in [3.63, 3.8) is 0 Å². The van der Waals surface area contributed by atoms with Crippen LogP contribution in [-0.4, -0.2) is 138 Å². The molecule has 4 N–H and O–H groups in total. The lowest BCUT2D eigenvalue weighted by Gasteiger charge is -2.33. The molecule has 2 aliphatic rings. The standard InChI is InChI=1S/C45H60N10O8S.C2H2/c1-6-19-54(42(56)38(50-44(58)60-4)31-14-22-62-23-15-31)21-18-47-26-36(46-3)34-13-12-33(40-41(34)53-64-52-40)29-8-10-30(11-9-29)35-27-48-37(49-35)28-55(20-7-2)43(57)39(51-45(59)61-5)32-16-24-63-25-17-32;1-2/h8-13,18,26-27,31-32,38-39,46H,6-7,14-17,19-25,28H2,1-5H3,(H,48,49)(H,50,58)(H,51,59);1-2H/b36-26-,47-18?;. The quantitative estimate of drug-likeness (QED) is 0.0643. The second-order valence-electron chi connectivity index (χ2n) is 15.7. The van der Waals surface area contributed by atoms with Gasteiger partial charge in [-0.15, -0.1) is 12.8 Å². The van der Waals surface area contributed by atoms with Gasteiger partial charge in [0.05, 0.1) is 62.8 Å². The van der Waals surface area contributed by atoms with Crippen molar-refractivity contribution in [3.8, 4) is 35.2 Å². The van der Waals surface area contributed by atoms with E-state index in [4.69, 9.17) is 18.9 Å². The number of fused-ring (bicyclic) bond motifs is 1. The lowest BCUT2D eigenvalue weighted by atomic mass is 9.90. The summed E-state index contributed by atoms with van der Waals surface area (Å²) in [4.78, 5) is 68.3. The maximum absolute atomic E-state index is 13.9. The number of carbonyl (C=O) groups is 4. The molecule has 2 fully saturated rings. The predicted molar refractivity (Wildman–Crippen MR) is 254 cm³/mol. The SMILES string of the molecule is C#C.CCCN(CC=N/C=C(\NC)c1ccc(-c2ccc(-c3cnc(CN(CCC)C(=O)C(NC(=O)OC)C4CCOCC4)[nH]3)cc2)c2nsnc12)C(=O)C(NC(=O)OC)C1CCOCC1. The molecule has 4 aromatic rings. The van der Waals surface area contributed by atoms with Gasteiger partial charge in [0.1, 0.15) is 28.9 Å². The van der Waals surface area contributed by atoms with Crippen LogP contribution < -0.4 is 16.0 Å². The average Bonchev–Trinajstić information content (AvgIpc) is 4.06. The molecule has 2 aromatic heterocycles. The molecule has 354 valence electrons. The molecule has 0 aliphatic carbocycles. The molecular formula is C47H62N10O8S. The molecule has 4 heterocycles. The van der Waals surface area contributed by atoms with Gasteiger partial charge < -0.3 is 49.7 Å². The Bertz CT molecular complexity index is 2280. The molecular weight excluding hydrogens is 865 g/mol. The zero-order valence-electron chi connectivity index (χ0n) is 38.4. The Labute approximate surface area is 390 Å². The molecule has 2 unspecified atom stereocenters. The molecule has 2 saturated heterocycles. The number of carbonyl (C=O) groups excluding carboxylic acids is 4. The summed E-state index contributed by atoms with van der Waals surface area (Å²) in [5.41, 5.74) is 6.63. The van der Waals surface area contributed by atoms with Crippen LogP contribution in [0.5, 0.6) is 0 Å². The van der Waals surface area contributed by atoms with Crippen molar-refractivity contribution in [3.05, 3.63) is 60.2 Å². The smallest absolute Gasteiger partial charge is 0.407 e. The minimum Gasteiger partial charge on any atom is -0.453 e. The van der Waals surface area contributed by atoms with E-state index in [0.717, 1.165) is 69.2 Å². The molecule has 2 aromatic carbocycles. The first kappa shape index (κ1) is 50.6. The summed E-state index contributed by atoms with van der Waals surface area (Å²) in [6.07, 6.45) is 16.0. The van der Waals surface area contributed by atoms with Crippen LogP contribution in [0.4, 0.5) is 9.59 Å². The van der Waals surface area contributed by atoms with Gasteiger partial charge in [-0.2, -0.15) is 8.75 Å². The van der Waals surface area contributed by atoms with E-state index in [-0.39, 0.29) is 36.7 Å². The van der Waals surface area contributed by atoms with Gasteiger partial charge in [-0.3, -0.25) is 14.6 Å². The maximum Gasteiger partial charge on any atom is 0.407 e. The first-order chi connectivity index (χ1) is 32.2. The fourth-order valence-electron chi connectivity index (χ4n) is 8.18. The minimum absolute atomic E-state index is 0.0550. The van der Waals surface area contributed by atoms with Crippen molar-refractivity contribution in [1.29, 1.82) is 0 Å². The summed E-state index contributed by atoms with van der Waals surface area (Å²) in [6, 6.07) is 10.7. The number of H-pyrrole nitrogens is 1. The summed E-state index contributed by atoms with van der Waals surface area (Å²) in [5.74, 6) is 0.172. The third kappa shape index (κ3) is 13.1. The molecule has 18 nitrogen and oxygen atoms in total. The van der Waals surface area contributed by atoms with Crippen molar-refractivity contribution < 1.29 is 38.1 Å². The number of aromatic amines is 1. The highest BCUT2D eigenvalue weighted by molar-refractivity contribution is 7.00. The molecule has 6 rings (SSSR count). The van der Waals surface area contributed by atoms with Crippen molar-refractivity contribution >= 4 is 58.7 Å². The zero-order chi connectivity index (χ0) is 47.4. The van der Waals surface area contributed by atoms with E-state index in [2.05, 4.69) is 52.5 Å². The van der Waals surface area contributed by atoms with Crippen LogP contribution in [0.1, 0.15) is 63.8 Å². The first-order valence-electron chi connectivity index (χ1n) is 22.2. The third-order valence-electron chi connectivity index (χ3n) is 11.6. The number of alkyl carbamates (subject to hydrolysis) is 2. The molecule has 4 amide bonds. The normalized spacial score (nSPS) is 15.5. The Kier molecular flexibility index (Phi) is 19.9. The Morgan fingerprint density at radius 1 is 0.833 bits per heavy atom. The highest BCUT2D eigenvalue weighted by atomic mass is 32.1. The van der Waals surface area contributed by atoms with Crippen LogP contribution in [0.15, 0.2) is 53.8 Å². The van der Waals surface area contributed by atoms with Crippen LogP contribution >= 0.6 is 11.7 Å². The number of imidazole rings is 1. The summed E-state index contributed by atoms with van der Waals surface area (Å²) in [7, 11) is 4.40. The van der Waals surface area contributed by atoms with Crippen LogP contribution in [0, 0.1) is 24.7 Å². The number of ether oxygens (including phenoxy) is 4. The second kappa shape index (κ2) is 26.0. The molecule has 0 spiro atoms. The molecule has 66 heavy (non-hydrogen) atoms. The predicted octanol–water partition coefficient (Wildman–Crippen LogP) is 5.87. The van der Waals surface area contributed by atoms with Gasteiger partial charge in [0.2, 0.25) is 11.8 Å². The Balaban J connectivity index is 0.00000403. The molecule has 0 saturated carbocycles. The van der Waals surface area contributed by atoms with Crippen molar-refractivity contribution in [2.24, 2.45) is 16.8 Å². The number of terminal acetylenes is 1. The van der Waals surface area contributed by atoms with Crippen LogP contribution in [0.2, 0.25) is 0 Å². The van der Waals surface area contributed by atoms with Gasteiger partial charge in [-0.1, -0.05) is 44.2 Å².